The number of amides is 1. The number of hydrogen-bond acceptors (Lipinski definition) is 4. The summed E-state index contributed by atoms with van der Waals surface area (Å²) in [6.07, 6.45) is 2.33. The topological polar surface area (TPSA) is 42.0 Å². The summed E-state index contributed by atoms with van der Waals surface area (Å²) in [5.74, 6) is 0.0978. The van der Waals surface area contributed by atoms with Crippen LogP contribution in [0.15, 0.2) is 24.3 Å². The Morgan fingerprint density at radius 1 is 1.24 bits per heavy atom. The van der Waals surface area contributed by atoms with Crippen molar-refractivity contribution >= 4 is 5.91 Å². The third-order valence-electron chi connectivity index (χ3n) is 5.33. The van der Waals surface area contributed by atoms with E-state index >= 15 is 0 Å². The summed E-state index contributed by atoms with van der Waals surface area (Å²) in [6.45, 7) is 9.26. The van der Waals surface area contributed by atoms with Gasteiger partial charge in [-0.3, -0.25) is 9.69 Å². The molecule has 2 fully saturated rings. The van der Waals surface area contributed by atoms with E-state index in [1.54, 1.807) is 0 Å². The van der Waals surface area contributed by atoms with E-state index in [1.807, 2.05) is 4.90 Å². The van der Waals surface area contributed by atoms with E-state index in [0.717, 1.165) is 45.6 Å². The number of carbonyl (C=O) groups is 1. The third kappa shape index (κ3) is 5.03. The van der Waals surface area contributed by atoms with Gasteiger partial charge in [0.25, 0.3) is 0 Å². The first kappa shape index (κ1) is 18.4. The van der Waals surface area contributed by atoms with Gasteiger partial charge in [0.2, 0.25) is 5.91 Å². The Bertz CT molecular complexity index is 547. The van der Waals surface area contributed by atoms with Crippen molar-refractivity contribution in [1.82, 2.24) is 9.80 Å². The Hall–Kier alpha value is -1.43. The molecule has 0 spiro atoms. The number of carbonyl (C=O) groups excluding carboxylic acids is 1. The number of aryl methyl sites for hydroxylation is 1. The Balaban J connectivity index is 1.40. The predicted molar refractivity (Wildman–Crippen MR) is 97.5 cm³/mol. The zero-order chi connectivity index (χ0) is 17.6. The van der Waals surface area contributed by atoms with Crippen LogP contribution in [0.4, 0.5) is 0 Å². The average Bonchev–Trinajstić information content (AvgIpc) is 3.15. The summed E-state index contributed by atoms with van der Waals surface area (Å²) in [5, 5.41) is 0. The number of hydrogen-bond donors (Lipinski definition) is 0. The first-order chi connectivity index (χ1) is 12.1. The molecular formula is C20H30N2O3. The van der Waals surface area contributed by atoms with E-state index in [9.17, 15) is 4.79 Å². The summed E-state index contributed by atoms with van der Waals surface area (Å²) in [6, 6.07) is 9.12. The van der Waals surface area contributed by atoms with Crippen LogP contribution in [-0.4, -0.2) is 67.8 Å². The SMILES string of the molecule is Cc1ccc([C@@H](C)N2CCN(C(=O)COC[C@H]3CCCO3)CC2)cc1. The maximum absolute atomic E-state index is 12.3. The highest BCUT2D eigenvalue weighted by Gasteiger charge is 2.25. The van der Waals surface area contributed by atoms with Gasteiger partial charge in [-0.15, -0.1) is 0 Å². The highest BCUT2D eigenvalue weighted by molar-refractivity contribution is 5.77. The summed E-state index contributed by atoms with van der Waals surface area (Å²) in [5.41, 5.74) is 2.62. The van der Waals surface area contributed by atoms with Crippen LogP contribution in [0.5, 0.6) is 0 Å². The van der Waals surface area contributed by atoms with E-state index in [1.165, 1.54) is 11.1 Å². The van der Waals surface area contributed by atoms with Crippen LogP contribution in [-0.2, 0) is 14.3 Å². The van der Waals surface area contributed by atoms with E-state index in [0.29, 0.717) is 12.6 Å². The Morgan fingerprint density at radius 3 is 2.60 bits per heavy atom. The minimum atomic E-state index is 0.0978. The largest absolute Gasteiger partial charge is 0.376 e. The monoisotopic (exact) mass is 346 g/mol. The van der Waals surface area contributed by atoms with Crippen LogP contribution in [0.2, 0.25) is 0 Å². The first-order valence-electron chi connectivity index (χ1n) is 9.41. The molecule has 0 saturated carbocycles. The molecule has 0 aliphatic carbocycles. The van der Waals surface area contributed by atoms with Crippen LogP contribution in [0.1, 0.15) is 36.9 Å². The molecule has 0 radical (unpaired) electrons. The lowest BCUT2D eigenvalue weighted by atomic mass is 10.0. The van der Waals surface area contributed by atoms with E-state index in [4.69, 9.17) is 9.47 Å². The van der Waals surface area contributed by atoms with Gasteiger partial charge in [-0.1, -0.05) is 29.8 Å². The molecule has 0 unspecified atom stereocenters. The van der Waals surface area contributed by atoms with Crippen molar-refractivity contribution in [2.24, 2.45) is 0 Å². The number of nitrogens with zero attached hydrogens (tertiary/aromatic N) is 2. The Kier molecular flexibility index (Phi) is 6.45. The van der Waals surface area contributed by atoms with Gasteiger partial charge < -0.3 is 14.4 Å². The average molecular weight is 346 g/mol. The number of benzene rings is 1. The minimum absolute atomic E-state index is 0.0978. The van der Waals surface area contributed by atoms with Gasteiger partial charge in [-0.2, -0.15) is 0 Å². The molecule has 5 heteroatoms. The molecule has 0 bridgehead atoms. The van der Waals surface area contributed by atoms with Crippen LogP contribution in [0.3, 0.4) is 0 Å². The molecule has 0 N–H and O–H groups in total. The smallest absolute Gasteiger partial charge is 0.248 e. The van der Waals surface area contributed by atoms with Crippen LogP contribution in [0, 0.1) is 6.92 Å². The van der Waals surface area contributed by atoms with Gasteiger partial charge in [0, 0.05) is 38.8 Å². The van der Waals surface area contributed by atoms with Crippen molar-refractivity contribution in [2.45, 2.75) is 38.8 Å². The molecular weight excluding hydrogens is 316 g/mol. The van der Waals surface area contributed by atoms with Crippen molar-refractivity contribution in [3.05, 3.63) is 35.4 Å². The molecule has 2 heterocycles. The van der Waals surface area contributed by atoms with Crippen molar-refractivity contribution in [2.75, 3.05) is 46.0 Å². The van der Waals surface area contributed by atoms with E-state index in [2.05, 4.69) is 43.0 Å². The predicted octanol–water partition coefficient (Wildman–Crippen LogP) is 2.40. The van der Waals surface area contributed by atoms with Crippen molar-refractivity contribution in [3.63, 3.8) is 0 Å². The summed E-state index contributed by atoms with van der Waals surface area (Å²) in [4.78, 5) is 16.7. The van der Waals surface area contributed by atoms with E-state index < -0.39 is 0 Å². The number of piperazine rings is 1. The second-order valence-electron chi connectivity index (χ2n) is 7.15. The maximum Gasteiger partial charge on any atom is 0.248 e. The van der Waals surface area contributed by atoms with Crippen LogP contribution >= 0.6 is 0 Å². The molecule has 2 atom stereocenters. The standard InChI is InChI=1S/C20H30N2O3/c1-16-5-7-18(8-6-16)17(2)21-9-11-22(12-10-21)20(23)15-24-14-19-4-3-13-25-19/h5-8,17,19H,3-4,9-15H2,1-2H3/t17-,19-/m1/s1. The first-order valence-corrected chi connectivity index (χ1v) is 9.41. The third-order valence-corrected chi connectivity index (χ3v) is 5.33. The van der Waals surface area contributed by atoms with Gasteiger partial charge >= 0.3 is 0 Å². The van der Waals surface area contributed by atoms with Gasteiger partial charge in [0.15, 0.2) is 0 Å². The molecule has 5 nitrogen and oxygen atoms in total. The van der Waals surface area contributed by atoms with Crippen molar-refractivity contribution in [1.29, 1.82) is 0 Å². The summed E-state index contributed by atoms with van der Waals surface area (Å²) >= 11 is 0. The number of rotatable bonds is 6. The molecule has 2 aliphatic heterocycles. The van der Waals surface area contributed by atoms with Crippen molar-refractivity contribution < 1.29 is 14.3 Å². The lowest BCUT2D eigenvalue weighted by molar-refractivity contribution is -0.139. The summed E-state index contributed by atoms with van der Waals surface area (Å²) < 4.78 is 11.1. The summed E-state index contributed by atoms with van der Waals surface area (Å²) in [7, 11) is 0. The molecule has 1 aromatic rings. The fourth-order valence-electron chi connectivity index (χ4n) is 3.56. The van der Waals surface area contributed by atoms with Gasteiger partial charge in [0.05, 0.1) is 12.7 Å². The Morgan fingerprint density at radius 2 is 1.96 bits per heavy atom. The normalized spacial score (nSPS) is 23.0. The van der Waals surface area contributed by atoms with Crippen molar-refractivity contribution in [3.8, 4) is 0 Å². The molecule has 1 amide bonds. The molecule has 0 aromatic heterocycles. The zero-order valence-electron chi connectivity index (χ0n) is 15.4. The molecule has 3 rings (SSSR count). The molecule has 2 aliphatic rings. The second-order valence-corrected chi connectivity index (χ2v) is 7.15. The highest BCUT2D eigenvalue weighted by Crippen LogP contribution is 2.22. The fourth-order valence-corrected chi connectivity index (χ4v) is 3.56. The molecule has 25 heavy (non-hydrogen) atoms. The van der Waals surface area contributed by atoms with Gasteiger partial charge in [-0.25, -0.2) is 0 Å². The molecule has 138 valence electrons. The molecule has 1 aromatic carbocycles. The van der Waals surface area contributed by atoms with E-state index in [-0.39, 0.29) is 18.6 Å². The maximum atomic E-state index is 12.3. The van der Waals surface area contributed by atoms with Gasteiger partial charge in [-0.05, 0) is 32.3 Å². The Labute approximate surface area is 150 Å². The lowest BCUT2D eigenvalue weighted by Crippen LogP contribution is -2.50. The minimum Gasteiger partial charge on any atom is -0.376 e. The molecule has 2 saturated heterocycles. The van der Waals surface area contributed by atoms with Crippen LogP contribution < -0.4 is 0 Å². The lowest BCUT2D eigenvalue weighted by Gasteiger charge is -2.38. The zero-order valence-corrected chi connectivity index (χ0v) is 15.4. The quantitative estimate of drug-likeness (QED) is 0.793. The fraction of sp³-hybridized carbons (Fsp3) is 0.650. The number of ether oxygens (including phenoxy) is 2. The second kappa shape index (κ2) is 8.79. The van der Waals surface area contributed by atoms with Crippen LogP contribution in [0.25, 0.3) is 0 Å². The van der Waals surface area contributed by atoms with Gasteiger partial charge in [0.1, 0.15) is 6.61 Å². The highest BCUT2D eigenvalue weighted by atomic mass is 16.5.